The van der Waals surface area contributed by atoms with Crippen molar-refractivity contribution in [1.82, 2.24) is 0 Å². The Kier molecular flexibility index (Phi) is 12.3. The number of aliphatic hydroxyl groups is 2. The lowest BCUT2D eigenvalue weighted by Crippen LogP contribution is -2.48. The zero-order valence-electron chi connectivity index (χ0n) is 31.1. The first kappa shape index (κ1) is 39.2. The SMILES string of the molecule is CC(=O)O[C@H]1CC(C)(C)C(=C=C\C(C)=C/C=C/C(C)=C/C=C/C=C(C)/C=C/C=C(\C)C(=O)C[C@@]23O[C@]2(C)C[C@@H](O)CC3(C)C)[C@](C)(O)C1. The Balaban J connectivity index is 1.54. The fourth-order valence-electron chi connectivity index (χ4n) is 7.76. The molecule has 3 rings (SSSR count). The van der Waals surface area contributed by atoms with Crippen molar-refractivity contribution >= 4 is 11.8 Å². The molecule has 5 atom stereocenters. The number of esters is 1. The summed E-state index contributed by atoms with van der Waals surface area (Å²) in [6, 6.07) is 0. The third kappa shape index (κ3) is 9.66. The van der Waals surface area contributed by atoms with Gasteiger partial charge >= 0.3 is 5.97 Å². The van der Waals surface area contributed by atoms with E-state index in [9.17, 15) is 19.8 Å². The van der Waals surface area contributed by atoms with Crippen molar-refractivity contribution in [3.8, 4) is 0 Å². The monoisotopic (exact) mass is 658 g/mol. The summed E-state index contributed by atoms with van der Waals surface area (Å²) >= 11 is 0. The van der Waals surface area contributed by atoms with E-state index in [1.54, 1.807) is 6.92 Å². The zero-order valence-corrected chi connectivity index (χ0v) is 31.1. The number of ether oxygens (including phenoxy) is 2. The normalized spacial score (nSPS) is 32.4. The van der Waals surface area contributed by atoms with Gasteiger partial charge in [0.05, 0.1) is 17.3 Å². The first-order valence-electron chi connectivity index (χ1n) is 17.1. The molecule has 6 nitrogen and oxygen atoms in total. The van der Waals surface area contributed by atoms with E-state index in [1.807, 2.05) is 115 Å². The molecule has 1 heterocycles. The molecule has 2 N–H and O–H groups in total. The minimum atomic E-state index is -1.11. The van der Waals surface area contributed by atoms with Gasteiger partial charge in [-0.15, -0.1) is 5.73 Å². The van der Waals surface area contributed by atoms with Gasteiger partial charge in [0.25, 0.3) is 0 Å². The molecule has 0 radical (unpaired) electrons. The number of rotatable bonds is 11. The number of fused-ring (bicyclic) bond motifs is 1. The number of allylic oxidation sites excluding steroid dienone is 14. The van der Waals surface area contributed by atoms with Crippen LogP contribution in [-0.4, -0.2) is 51.0 Å². The van der Waals surface area contributed by atoms with Crippen molar-refractivity contribution in [3.63, 3.8) is 0 Å². The average molecular weight is 659 g/mol. The molecule has 0 amide bonds. The van der Waals surface area contributed by atoms with Crippen molar-refractivity contribution in [2.45, 2.75) is 137 Å². The number of hydrogen-bond acceptors (Lipinski definition) is 6. The van der Waals surface area contributed by atoms with Gasteiger partial charge in [-0.2, -0.15) is 0 Å². The quantitative estimate of drug-likeness (QED) is 0.0758. The largest absolute Gasteiger partial charge is 0.462 e. The molecule has 0 spiro atoms. The fraction of sp³-hybridized carbons (Fsp3) is 0.548. The molecule has 6 heteroatoms. The van der Waals surface area contributed by atoms with Crippen LogP contribution in [0.5, 0.6) is 0 Å². The van der Waals surface area contributed by atoms with E-state index in [-0.39, 0.29) is 34.8 Å². The van der Waals surface area contributed by atoms with Crippen molar-refractivity contribution in [2.24, 2.45) is 10.8 Å². The summed E-state index contributed by atoms with van der Waals surface area (Å²) in [5.74, 6) is -0.244. The van der Waals surface area contributed by atoms with E-state index in [0.717, 1.165) is 22.3 Å². The second-order valence-electron chi connectivity index (χ2n) is 15.9. The Hall–Kier alpha value is -3.28. The Morgan fingerprint density at radius 1 is 0.812 bits per heavy atom. The van der Waals surface area contributed by atoms with Crippen LogP contribution < -0.4 is 0 Å². The maximum Gasteiger partial charge on any atom is 0.302 e. The molecule has 0 unspecified atom stereocenters. The molecule has 0 aromatic carbocycles. The van der Waals surface area contributed by atoms with Crippen LogP contribution >= 0.6 is 0 Å². The Bertz CT molecular complexity index is 1510. The maximum absolute atomic E-state index is 13.1. The Labute approximate surface area is 289 Å². The van der Waals surface area contributed by atoms with Gasteiger partial charge in [0.15, 0.2) is 5.78 Å². The summed E-state index contributed by atoms with van der Waals surface area (Å²) in [5, 5.41) is 21.4. The highest BCUT2D eigenvalue weighted by Gasteiger charge is 2.76. The summed E-state index contributed by atoms with van der Waals surface area (Å²) in [7, 11) is 0. The molecule has 262 valence electrons. The molecule has 0 aromatic heterocycles. The van der Waals surface area contributed by atoms with Crippen LogP contribution in [0.15, 0.2) is 100 Å². The minimum Gasteiger partial charge on any atom is -0.462 e. The second-order valence-corrected chi connectivity index (χ2v) is 15.9. The van der Waals surface area contributed by atoms with Crippen LogP contribution in [0.1, 0.15) is 108 Å². The van der Waals surface area contributed by atoms with Crippen LogP contribution in [0.2, 0.25) is 0 Å². The van der Waals surface area contributed by atoms with Crippen LogP contribution in [0.3, 0.4) is 0 Å². The number of carbonyl (C=O) groups is 2. The highest BCUT2D eigenvalue weighted by atomic mass is 16.6. The standard InChI is InChI=1S/C42H58O6/c1-29(18-14-19-31(3)22-23-37-38(6,7)26-35(47-33(5)43)27-40(37,10)46)16-12-13-17-30(2)20-15-21-32(4)36(45)28-42-39(8,9)24-34(44)25-41(42,11)48-42/h12-22,34-35,44,46H,24-28H2,1-11H3/b13-12+,18-14+,20-15+,29-16+,30-17+,31-19-,32-21+/t23?,34-,35-,40+,41+,42-/m0/s1. The second kappa shape index (κ2) is 15.1. The Morgan fingerprint density at radius 3 is 1.92 bits per heavy atom. The smallest absolute Gasteiger partial charge is 0.302 e. The minimum absolute atomic E-state index is 0.0816. The predicted octanol–water partition coefficient (Wildman–Crippen LogP) is 8.69. The van der Waals surface area contributed by atoms with Gasteiger partial charge < -0.3 is 19.7 Å². The fourth-order valence-corrected chi connectivity index (χ4v) is 7.76. The summed E-state index contributed by atoms with van der Waals surface area (Å²) in [6.07, 6.45) is 23.6. The number of aliphatic hydroxyl groups excluding tert-OH is 1. The van der Waals surface area contributed by atoms with Crippen molar-refractivity contribution < 1.29 is 29.3 Å². The number of ketones is 1. The third-order valence-corrected chi connectivity index (χ3v) is 10.1. The Morgan fingerprint density at radius 2 is 1.38 bits per heavy atom. The van der Waals surface area contributed by atoms with Gasteiger partial charge in [0, 0.05) is 31.8 Å². The van der Waals surface area contributed by atoms with Crippen LogP contribution in [0.25, 0.3) is 0 Å². The molecule has 2 saturated carbocycles. The summed E-state index contributed by atoms with van der Waals surface area (Å²) in [5.41, 5.74) is 5.35. The van der Waals surface area contributed by atoms with Crippen LogP contribution in [0, 0.1) is 10.8 Å². The lowest BCUT2D eigenvalue weighted by molar-refractivity contribution is -0.152. The van der Waals surface area contributed by atoms with Crippen LogP contribution in [0.4, 0.5) is 0 Å². The maximum atomic E-state index is 13.1. The number of Topliss-reactive ketones (excluding diaryl/α,β-unsaturated/α-hetero) is 1. The van der Waals surface area contributed by atoms with E-state index in [1.165, 1.54) is 6.92 Å². The number of epoxide rings is 1. The van der Waals surface area contributed by atoms with Gasteiger partial charge in [-0.3, -0.25) is 9.59 Å². The number of carbonyl (C=O) groups excluding carboxylic acids is 2. The summed E-state index contributed by atoms with van der Waals surface area (Å²) in [4.78, 5) is 24.5. The molecule has 1 saturated heterocycles. The summed E-state index contributed by atoms with van der Waals surface area (Å²) < 4.78 is 11.6. The molecule has 3 aliphatic rings. The molecule has 48 heavy (non-hydrogen) atoms. The molecule has 2 aliphatic carbocycles. The predicted molar refractivity (Wildman–Crippen MR) is 194 cm³/mol. The molecular weight excluding hydrogens is 600 g/mol. The van der Waals surface area contributed by atoms with E-state index < -0.39 is 16.8 Å². The third-order valence-electron chi connectivity index (χ3n) is 10.1. The molecule has 0 aromatic rings. The van der Waals surface area contributed by atoms with Crippen molar-refractivity contribution in [1.29, 1.82) is 0 Å². The molecule has 0 bridgehead atoms. The highest BCUT2D eigenvalue weighted by Crippen LogP contribution is 2.67. The van der Waals surface area contributed by atoms with Gasteiger partial charge in [-0.05, 0) is 82.4 Å². The first-order chi connectivity index (χ1) is 22.1. The first-order valence-corrected chi connectivity index (χ1v) is 17.1. The lowest BCUT2D eigenvalue weighted by Gasteiger charge is -2.44. The van der Waals surface area contributed by atoms with Gasteiger partial charge in [0.2, 0.25) is 0 Å². The average Bonchev–Trinajstić information content (AvgIpc) is 3.53. The molecule has 1 aliphatic heterocycles. The van der Waals surface area contributed by atoms with Crippen molar-refractivity contribution in [3.05, 3.63) is 100 Å². The van der Waals surface area contributed by atoms with Gasteiger partial charge in [-0.25, -0.2) is 0 Å². The van der Waals surface area contributed by atoms with Gasteiger partial charge in [-0.1, -0.05) is 99.6 Å². The van der Waals surface area contributed by atoms with E-state index in [2.05, 4.69) is 19.6 Å². The zero-order chi connectivity index (χ0) is 36.1. The van der Waals surface area contributed by atoms with E-state index >= 15 is 0 Å². The topological polar surface area (TPSA) is 96.4 Å². The highest BCUT2D eigenvalue weighted by molar-refractivity contribution is 5.96. The van der Waals surface area contributed by atoms with E-state index in [4.69, 9.17) is 9.47 Å². The summed E-state index contributed by atoms with van der Waals surface area (Å²) in [6.45, 7) is 21.4. The lowest BCUT2D eigenvalue weighted by atomic mass is 9.61. The van der Waals surface area contributed by atoms with Crippen LogP contribution in [-0.2, 0) is 19.1 Å². The molecular formula is C42H58O6. The number of hydrogen-bond donors (Lipinski definition) is 2. The molecule has 3 fully saturated rings. The van der Waals surface area contributed by atoms with E-state index in [0.29, 0.717) is 37.7 Å². The van der Waals surface area contributed by atoms with Gasteiger partial charge in [0.1, 0.15) is 11.7 Å². The van der Waals surface area contributed by atoms with Crippen molar-refractivity contribution in [2.75, 3.05) is 0 Å².